The van der Waals surface area contributed by atoms with Crippen molar-refractivity contribution in [3.63, 3.8) is 0 Å². The number of carbonyl (C=O) groups is 2. The van der Waals surface area contributed by atoms with E-state index in [1.807, 2.05) is 6.92 Å². The lowest BCUT2D eigenvalue weighted by Gasteiger charge is -2.34. The average molecular weight is 268 g/mol. The van der Waals surface area contributed by atoms with E-state index in [4.69, 9.17) is 0 Å². The van der Waals surface area contributed by atoms with E-state index >= 15 is 0 Å². The molecule has 0 aromatic heterocycles. The highest BCUT2D eigenvalue weighted by molar-refractivity contribution is 5.84. The van der Waals surface area contributed by atoms with Crippen LogP contribution in [0.5, 0.6) is 0 Å². The molecule has 1 aliphatic heterocycles. The zero-order chi connectivity index (χ0) is 13.9. The lowest BCUT2D eigenvalue weighted by atomic mass is 9.74. The maximum absolute atomic E-state index is 12.2. The largest absolute Gasteiger partial charge is 0.481 e. The monoisotopic (exact) mass is 268 g/mol. The molecule has 2 rings (SSSR count). The van der Waals surface area contributed by atoms with Crippen molar-refractivity contribution in [1.82, 2.24) is 10.6 Å². The van der Waals surface area contributed by atoms with Crippen LogP contribution in [0.15, 0.2) is 0 Å². The van der Waals surface area contributed by atoms with Crippen LogP contribution in [0.3, 0.4) is 0 Å². The summed E-state index contributed by atoms with van der Waals surface area (Å²) < 4.78 is 0. The predicted molar refractivity (Wildman–Crippen MR) is 71.8 cm³/mol. The molecule has 2 aliphatic rings. The number of carboxylic acids is 1. The van der Waals surface area contributed by atoms with E-state index in [1.54, 1.807) is 0 Å². The molecule has 0 radical (unpaired) electrons. The highest BCUT2D eigenvalue weighted by Crippen LogP contribution is 2.36. The van der Waals surface area contributed by atoms with Gasteiger partial charge in [0.2, 0.25) is 5.91 Å². The lowest BCUT2D eigenvalue weighted by molar-refractivity contribution is -0.151. The van der Waals surface area contributed by atoms with Crippen molar-refractivity contribution in [2.45, 2.75) is 45.4 Å². The highest BCUT2D eigenvalue weighted by atomic mass is 16.4. The number of amides is 1. The zero-order valence-corrected chi connectivity index (χ0v) is 11.6. The fraction of sp³-hybridized carbons (Fsp3) is 0.857. The Morgan fingerprint density at radius 3 is 2.42 bits per heavy atom. The van der Waals surface area contributed by atoms with Gasteiger partial charge in [0.1, 0.15) is 0 Å². The fourth-order valence-corrected chi connectivity index (χ4v) is 3.17. The lowest BCUT2D eigenvalue weighted by Crippen LogP contribution is -2.48. The molecular weight excluding hydrogens is 244 g/mol. The molecule has 0 aromatic rings. The van der Waals surface area contributed by atoms with Crippen LogP contribution in [0.4, 0.5) is 0 Å². The van der Waals surface area contributed by atoms with E-state index in [0.717, 1.165) is 32.2 Å². The van der Waals surface area contributed by atoms with E-state index in [2.05, 4.69) is 10.6 Å². The van der Waals surface area contributed by atoms with Gasteiger partial charge in [-0.3, -0.25) is 9.59 Å². The Balaban J connectivity index is 1.95. The van der Waals surface area contributed by atoms with Gasteiger partial charge in [0.25, 0.3) is 0 Å². The first kappa shape index (κ1) is 14.3. The van der Waals surface area contributed by atoms with Crippen LogP contribution in [0.2, 0.25) is 0 Å². The molecule has 3 N–H and O–H groups in total. The molecule has 0 aromatic carbocycles. The van der Waals surface area contributed by atoms with Crippen molar-refractivity contribution in [3.8, 4) is 0 Å². The Labute approximate surface area is 114 Å². The van der Waals surface area contributed by atoms with Gasteiger partial charge in [0.15, 0.2) is 0 Å². The minimum Gasteiger partial charge on any atom is -0.481 e. The van der Waals surface area contributed by atoms with Crippen molar-refractivity contribution in [2.24, 2.45) is 10.8 Å². The topological polar surface area (TPSA) is 78.4 Å². The molecule has 1 unspecified atom stereocenters. The standard InChI is InChI=1S/C14H24N2O3/c1-13(7-8-15-9-13)11(17)16-10-14(12(18)19)5-3-2-4-6-14/h15H,2-10H2,1H3,(H,16,17)(H,18,19). The van der Waals surface area contributed by atoms with Crippen LogP contribution >= 0.6 is 0 Å². The number of rotatable bonds is 4. The first-order valence-corrected chi connectivity index (χ1v) is 7.21. The predicted octanol–water partition coefficient (Wildman–Crippen LogP) is 1.14. The minimum absolute atomic E-state index is 0.0105. The Morgan fingerprint density at radius 2 is 1.89 bits per heavy atom. The summed E-state index contributed by atoms with van der Waals surface area (Å²) in [5, 5.41) is 15.6. The summed E-state index contributed by atoms with van der Waals surface area (Å²) in [5.41, 5.74) is -1.12. The normalized spacial score (nSPS) is 29.9. The number of carbonyl (C=O) groups excluding carboxylic acids is 1. The number of carboxylic acid groups (broad SMARTS) is 1. The molecule has 5 heteroatoms. The van der Waals surface area contributed by atoms with Crippen LogP contribution in [-0.2, 0) is 9.59 Å². The maximum Gasteiger partial charge on any atom is 0.311 e. The quantitative estimate of drug-likeness (QED) is 0.714. The van der Waals surface area contributed by atoms with Gasteiger partial charge >= 0.3 is 5.97 Å². The SMILES string of the molecule is CC1(C(=O)NCC2(C(=O)O)CCCCC2)CCNC1. The molecule has 108 valence electrons. The number of hydrogen-bond donors (Lipinski definition) is 3. The van der Waals surface area contributed by atoms with Gasteiger partial charge in [-0.1, -0.05) is 19.3 Å². The van der Waals surface area contributed by atoms with Crippen LogP contribution < -0.4 is 10.6 Å². The molecule has 1 heterocycles. The summed E-state index contributed by atoms with van der Waals surface area (Å²) in [6.45, 7) is 3.75. The van der Waals surface area contributed by atoms with Crippen LogP contribution in [-0.4, -0.2) is 36.6 Å². The summed E-state index contributed by atoms with van der Waals surface area (Å²) in [5.74, 6) is -0.772. The first-order valence-electron chi connectivity index (χ1n) is 7.21. The molecule has 2 fully saturated rings. The van der Waals surface area contributed by atoms with Gasteiger partial charge in [0.05, 0.1) is 10.8 Å². The molecule has 0 bridgehead atoms. The van der Waals surface area contributed by atoms with Crippen molar-refractivity contribution >= 4 is 11.9 Å². The van der Waals surface area contributed by atoms with Gasteiger partial charge in [-0.2, -0.15) is 0 Å². The van der Waals surface area contributed by atoms with Crippen LogP contribution in [0, 0.1) is 10.8 Å². The molecule has 1 amide bonds. The first-order chi connectivity index (χ1) is 8.99. The zero-order valence-electron chi connectivity index (χ0n) is 11.6. The van der Waals surface area contributed by atoms with Crippen LogP contribution in [0.1, 0.15) is 45.4 Å². The molecule has 1 atom stereocenters. The van der Waals surface area contributed by atoms with Gasteiger partial charge in [0, 0.05) is 13.1 Å². The third kappa shape index (κ3) is 2.91. The van der Waals surface area contributed by atoms with Crippen molar-refractivity contribution in [1.29, 1.82) is 0 Å². The van der Waals surface area contributed by atoms with Gasteiger partial charge < -0.3 is 15.7 Å². The Morgan fingerprint density at radius 1 is 1.21 bits per heavy atom. The molecular formula is C14H24N2O3. The maximum atomic E-state index is 12.2. The summed E-state index contributed by atoms with van der Waals surface area (Å²) in [7, 11) is 0. The highest BCUT2D eigenvalue weighted by Gasteiger charge is 2.42. The van der Waals surface area contributed by atoms with E-state index < -0.39 is 11.4 Å². The molecule has 0 spiro atoms. The molecule has 1 saturated carbocycles. The van der Waals surface area contributed by atoms with E-state index in [1.165, 1.54) is 0 Å². The van der Waals surface area contributed by atoms with Crippen molar-refractivity contribution in [2.75, 3.05) is 19.6 Å². The number of nitrogens with one attached hydrogen (secondary N) is 2. The Bertz CT molecular complexity index is 356. The minimum atomic E-state index is -0.762. The summed E-state index contributed by atoms with van der Waals surface area (Å²) in [4.78, 5) is 23.8. The van der Waals surface area contributed by atoms with E-state index in [0.29, 0.717) is 19.4 Å². The molecule has 19 heavy (non-hydrogen) atoms. The Hall–Kier alpha value is -1.10. The molecule has 1 aliphatic carbocycles. The van der Waals surface area contributed by atoms with Crippen molar-refractivity contribution in [3.05, 3.63) is 0 Å². The summed E-state index contributed by atoms with van der Waals surface area (Å²) >= 11 is 0. The molecule has 5 nitrogen and oxygen atoms in total. The third-order valence-electron chi connectivity index (χ3n) is 4.77. The summed E-state index contributed by atoms with van der Waals surface area (Å²) in [6, 6.07) is 0. The van der Waals surface area contributed by atoms with Gasteiger partial charge in [-0.25, -0.2) is 0 Å². The number of hydrogen-bond acceptors (Lipinski definition) is 3. The Kier molecular flexibility index (Phi) is 4.13. The van der Waals surface area contributed by atoms with E-state index in [-0.39, 0.29) is 17.9 Å². The third-order valence-corrected chi connectivity index (χ3v) is 4.77. The van der Waals surface area contributed by atoms with Crippen molar-refractivity contribution < 1.29 is 14.7 Å². The van der Waals surface area contributed by atoms with E-state index in [9.17, 15) is 14.7 Å². The smallest absolute Gasteiger partial charge is 0.311 e. The molecule has 1 saturated heterocycles. The van der Waals surface area contributed by atoms with Gasteiger partial charge in [-0.05, 0) is 32.7 Å². The fourth-order valence-electron chi connectivity index (χ4n) is 3.17. The summed E-state index contributed by atoms with van der Waals surface area (Å²) in [6.07, 6.45) is 5.17. The van der Waals surface area contributed by atoms with Gasteiger partial charge in [-0.15, -0.1) is 0 Å². The second-order valence-electron chi connectivity index (χ2n) is 6.32. The van der Waals surface area contributed by atoms with Crippen LogP contribution in [0.25, 0.3) is 0 Å². The second kappa shape index (κ2) is 5.49. The number of aliphatic carboxylic acids is 1. The average Bonchev–Trinajstić information content (AvgIpc) is 2.85. The second-order valence-corrected chi connectivity index (χ2v) is 6.32.